The first-order chi connectivity index (χ1) is 13.1. The third-order valence-electron chi connectivity index (χ3n) is 4.18. The van der Waals surface area contributed by atoms with Crippen LogP contribution in [0, 0.1) is 25.2 Å². The topological polar surface area (TPSA) is 78.9 Å². The van der Waals surface area contributed by atoms with E-state index in [-0.39, 0.29) is 5.91 Å². The molecule has 0 saturated carbocycles. The number of benzene rings is 2. The van der Waals surface area contributed by atoms with Gasteiger partial charge in [0.25, 0.3) is 5.91 Å². The maximum absolute atomic E-state index is 12.7. The number of nitrogens with one attached hydrogen (secondary N) is 1. The van der Waals surface area contributed by atoms with E-state index in [1.165, 1.54) is 0 Å². The van der Waals surface area contributed by atoms with Gasteiger partial charge in [-0.2, -0.15) is 5.26 Å². The molecule has 1 aromatic heterocycles. The lowest BCUT2D eigenvalue weighted by atomic mass is 10.1. The summed E-state index contributed by atoms with van der Waals surface area (Å²) in [5, 5.41) is 15.6. The smallest absolute Gasteiger partial charge is 0.256 e. The van der Waals surface area contributed by atoms with Gasteiger partial charge in [0, 0.05) is 21.9 Å². The molecule has 0 saturated heterocycles. The molecular formula is C21H19N3O2S. The van der Waals surface area contributed by atoms with Crippen molar-refractivity contribution in [3.63, 3.8) is 0 Å². The number of rotatable bonds is 6. The molecule has 0 radical (unpaired) electrons. The second kappa shape index (κ2) is 8.56. The number of thioether (sulfide) groups is 1. The van der Waals surface area contributed by atoms with Gasteiger partial charge in [-0.15, -0.1) is 11.8 Å². The van der Waals surface area contributed by atoms with Gasteiger partial charge >= 0.3 is 0 Å². The van der Waals surface area contributed by atoms with Crippen LogP contribution in [0.15, 0.2) is 57.9 Å². The largest absolute Gasteiger partial charge is 0.361 e. The minimum Gasteiger partial charge on any atom is -0.361 e. The fourth-order valence-corrected chi connectivity index (χ4v) is 3.84. The zero-order chi connectivity index (χ0) is 19.2. The zero-order valence-electron chi connectivity index (χ0n) is 15.2. The summed E-state index contributed by atoms with van der Waals surface area (Å²) in [5.74, 6) is 1.33. The highest BCUT2D eigenvalue weighted by atomic mass is 32.2. The van der Waals surface area contributed by atoms with Gasteiger partial charge in [-0.3, -0.25) is 4.79 Å². The van der Waals surface area contributed by atoms with Gasteiger partial charge in [-0.25, -0.2) is 0 Å². The SMILES string of the molecule is Cc1noc(C)c1CSc1ccccc1C(=O)Nc1ccc(CC#N)cc1. The predicted molar refractivity (Wildman–Crippen MR) is 106 cm³/mol. The van der Waals surface area contributed by atoms with Crippen LogP contribution in [0.5, 0.6) is 0 Å². The maximum atomic E-state index is 12.7. The van der Waals surface area contributed by atoms with E-state index in [1.54, 1.807) is 11.8 Å². The molecule has 0 bridgehead atoms. The molecule has 2 aromatic carbocycles. The lowest BCUT2D eigenvalue weighted by Gasteiger charge is -2.10. The van der Waals surface area contributed by atoms with E-state index in [4.69, 9.17) is 9.78 Å². The van der Waals surface area contributed by atoms with E-state index < -0.39 is 0 Å². The summed E-state index contributed by atoms with van der Waals surface area (Å²) in [4.78, 5) is 13.6. The number of hydrogen-bond donors (Lipinski definition) is 1. The van der Waals surface area contributed by atoms with E-state index in [0.717, 1.165) is 27.5 Å². The summed E-state index contributed by atoms with van der Waals surface area (Å²) < 4.78 is 5.20. The third-order valence-corrected chi connectivity index (χ3v) is 5.28. The monoisotopic (exact) mass is 377 g/mol. The van der Waals surface area contributed by atoms with Crippen molar-refractivity contribution in [1.82, 2.24) is 5.16 Å². The van der Waals surface area contributed by atoms with Crippen LogP contribution in [0.4, 0.5) is 5.69 Å². The minimum atomic E-state index is -0.162. The Morgan fingerprint density at radius 1 is 1.19 bits per heavy atom. The molecule has 3 rings (SSSR count). The molecule has 5 nitrogen and oxygen atoms in total. The molecule has 6 heteroatoms. The number of hydrogen-bond acceptors (Lipinski definition) is 5. The first kappa shape index (κ1) is 18.7. The molecule has 0 unspecified atom stereocenters. The molecule has 0 spiro atoms. The molecular weight excluding hydrogens is 358 g/mol. The Morgan fingerprint density at radius 2 is 1.93 bits per heavy atom. The van der Waals surface area contributed by atoms with Crippen LogP contribution in [0.2, 0.25) is 0 Å². The van der Waals surface area contributed by atoms with Crippen LogP contribution < -0.4 is 5.32 Å². The Morgan fingerprint density at radius 3 is 2.59 bits per heavy atom. The van der Waals surface area contributed by atoms with Gasteiger partial charge in [0.2, 0.25) is 0 Å². The van der Waals surface area contributed by atoms with Gasteiger partial charge in [0.1, 0.15) is 5.76 Å². The second-order valence-electron chi connectivity index (χ2n) is 6.07. The molecule has 0 fully saturated rings. The van der Waals surface area contributed by atoms with Crippen molar-refractivity contribution in [2.45, 2.75) is 30.9 Å². The van der Waals surface area contributed by atoms with E-state index in [1.807, 2.05) is 62.4 Å². The summed E-state index contributed by atoms with van der Waals surface area (Å²) in [7, 11) is 0. The number of anilines is 1. The molecule has 1 N–H and O–H groups in total. The number of amides is 1. The minimum absolute atomic E-state index is 0.162. The maximum Gasteiger partial charge on any atom is 0.256 e. The Balaban J connectivity index is 1.72. The highest BCUT2D eigenvalue weighted by Crippen LogP contribution is 2.29. The van der Waals surface area contributed by atoms with Crippen LogP contribution in [0.1, 0.15) is 32.9 Å². The van der Waals surface area contributed by atoms with Crippen molar-refractivity contribution in [2.75, 3.05) is 5.32 Å². The van der Waals surface area contributed by atoms with Gasteiger partial charge in [0.05, 0.1) is 23.7 Å². The van der Waals surface area contributed by atoms with Crippen molar-refractivity contribution < 1.29 is 9.32 Å². The first-order valence-electron chi connectivity index (χ1n) is 8.49. The lowest BCUT2D eigenvalue weighted by molar-refractivity contribution is 0.102. The fraction of sp³-hybridized carbons (Fsp3) is 0.190. The summed E-state index contributed by atoms with van der Waals surface area (Å²) >= 11 is 1.58. The highest BCUT2D eigenvalue weighted by Gasteiger charge is 2.14. The van der Waals surface area contributed by atoms with Gasteiger partial charge in [-0.05, 0) is 43.7 Å². The molecule has 0 aliphatic carbocycles. The highest BCUT2D eigenvalue weighted by molar-refractivity contribution is 7.98. The number of carbonyl (C=O) groups excluding carboxylic acids is 1. The van der Waals surface area contributed by atoms with E-state index in [9.17, 15) is 4.79 Å². The summed E-state index contributed by atoms with van der Waals surface area (Å²) in [6.45, 7) is 3.81. The van der Waals surface area contributed by atoms with Crippen LogP contribution in [0.3, 0.4) is 0 Å². The van der Waals surface area contributed by atoms with Gasteiger partial charge < -0.3 is 9.84 Å². The van der Waals surface area contributed by atoms with E-state index in [2.05, 4.69) is 16.5 Å². The van der Waals surface area contributed by atoms with Gasteiger partial charge in [0.15, 0.2) is 0 Å². The molecule has 1 amide bonds. The number of aryl methyl sites for hydroxylation is 2. The molecule has 136 valence electrons. The summed E-state index contributed by atoms with van der Waals surface area (Å²) in [6, 6.07) is 16.9. The van der Waals surface area contributed by atoms with Crippen LogP contribution >= 0.6 is 11.8 Å². The molecule has 0 aliphatic heterocycles. The van der Waals surface area contributed by atoms with Crippen molar-refractivity contribution in [3.05, 3.63) is 76.7 Å². The zero-order valence-corrected chi connectivity index (χ0v) is 16.0. The van der Waals surface area contributed by atoms with Crippen LogP contribution in [-0.2, 0) is 12.2 Å². The van der Waals surface area contributed by atoms with Crippen molar-refractivity contribution in [1.29, 1.82) is 5.26 Å². The van der Waals surface area contributed by atoms with Gasteiger partial charge in [-0.1, -0.05) is 29.4 Å². The Bertz CT molecular complexity index is 968. The number of nitrogens with zero attached hydrogens (tertiary/aromatic N) is 2. The van der Waals surface area contributed by atoms with Crippen LogP contribution in [-0.4, -0.2) is 11.1 Å². The third kappa shape index (κ3) is 4.57. The molecule has 3 aromatic rings. The van der Waals surface area contributed by atoms with Crippen molar-refractivity contribution in [3.8, 4) is 6.07 Å². The second-order valence-corrected chi connectivity index (χ2v) is 7.09. The van der Waals surface area contributed by atoms with Crippen LogP contribution in [0.25, 0.3) is 0 Å². The number of carbonyl (C=O) groups is 1. The molecule has 1 heterocycles. The Labute approximate surface area is 162 Å². The quantitative estimate of drug-likeness (QED) is 0.618. The summed E-state index contributed by atoms with van der Waals surface area (Å²) in [6.07, 6.45) is 0.357. The average Bonchev–Trinajstić information content (AvgIpc) is 3.00. The molecule has 27 heavy (non-hydrogen) atoms. The standard InChI is InChI=1S/C21H19N3O2S/c1-14-19(15(2)26-24-14)13-27-20-6-4-3-5-18(20)21(25)23-17-9-7-16(8-10-17)11-12-22/h3-10H,11,13H2,1-2H3,(H,23,25). The lowest BCUT2D eigenvalue weighted by Crippen LogP contribution is -2.13. The van der Waals surface area contributed by atoms with Crippen molar-refractivity contribution >= 4 is 23.4 Å². The Hall–Kier alpha value is -3.04. The number of nitriles is 1. The summed E-state index contributed by atoms with van der Waals surface area (Å²) in [5.41, 5.74) is 4.18. The number of aromatic nitrogens is 1. The normalized spacial score (nSPS) is 10.4. The first-order valence-corrected chi connectivity index (χ1v) is 9.48. The van der Waals surface area contributed by atoms with Crippen molar-refractivity contribution in [2.24, 2.45) is 0 Å². The fourth-order valence-electron chi connectivity index (χ4n) is 2.63. The van der Waals surface area contributed by atoms with E-state index in [0.29, 0.717) is 23.4 Å². The molecule has 0 aliphatic rings. The van der Waals surface area contributed by atoms with E-state index >= 15 is 0 Å². The predicted octanol–water partition coefficient (Wildman–Crippen LogP) is 4.90. The Kier molecular flexibility index (Phi) is 5.94. The average molecular weight is 377 g/mol. The molecule has 0 atom stereocenters.